The molecular weight excluding hydrogens is 338 g/mol. The van der Waals surface area contributed by atoms with Crippen LogP contribution in [0.2, 0.25) is 0 Å². The first-order chi connectivity index (χ1) is 11.8. The van der Waals surface area contributed by atoms with Crippen LogP contribution in [0.1, 0.15) is 33.8 Å². The summed E-state index contributed by atoms with van der Waals surface area (Å²) in [5.74, 6) is 2.89. The normalized spacial score (nSPS) is 15.0. The highest BCUT2D eigenvalue weighted by molar-refractivity contribution is 8.16. The van der Waals surface area contributed by atoms with Crippen molar-refractivity contribution in [2.24, 2.45) is 0 Å². The van der Waals surface area contributed by atoms with Gasteiger partial charge in [-0.1, -0.05) is 24.3 Å². The summed E-state index contributed by atoms with van der Waals surface area (Å²) in [5, 5.41) is 3.00. The smallest absolute Gasteiger partial charge is 0.259 e. The summed E-state index contributed by atoms with van der Waals surface area (Å²) in [6, 6.07) is 15.5. The van der Waals surface area contributed by atoms with Crippen LogP contribution in [0.25, 0.3) is 0 Å². The number of carbonyl (C=O) groups excluding carboxylic acids is 1. The standard InChI is InChI=1S/C19H21NO2S2/c1-2-22-17-10-4-3-9-16(17)18(21)20-15-8-5-7-14(13-15)19-23-11-6-12-24-19/h3-5,7-10,13,19H,2,6,11-12H2,1H3,(H,20,21). The third kappa shape index (κ3) is 4.28. The molecule has 1 fully saturated rings. The van der Waals surface area contributed by atoms with Crippen molar-refractivity contribution in [3.63, 3.8) is 0 Å². The van der Waals surface area contributed by atoms with Crippen molar-refractivity contribution in [1.82, 2.24) is 0 Å². The number of rotatable bonds is 5. The predicted molar refractivity (Wildman–Crippen MR) is 104 cm³/mol. The fraction of sp³-hybridized carbons (Fsp3) is 0.316. The van der Waals surface area contributed by atoms with E-state index in [2.05, 4.69) is 17.4 Å². The average molecular weight is 360 g/mol. The fourth-order valence-electron chi connectivity index (χ4n) is 2.58. The van der Waals surface area contributed by atoms with Crippen molar-refractivity contribution >= 4 is 35.1 Å². The van der Waals surface area contributed by atoms with Gasteiger partial charge in [-0.25, -0.2) is 0 Å². The minimum absolute atomic E-state index is 0.139. The Kier molecular flexibility index (Phi) is 6.10. The summed E-state index contributed by atoms with van der Waals surface area (Å²) in [6.07, 6.45) is 1.27. The average Bonchev–Trinajstić information content (AvgIpc) is 2.63. The second-order valence-electron chi connectivity index (χ2n) is 5.44. The molecule has 1 amide bonds. The van der Waals surface area contributed by atoms with Crippen LogP contribution in [-0.2, 0) is 0 Å². The number of anilines is 1. The van der Waals surface area contributed by atoms with Gasteiger partial charge in [-0.3, -0.25) is 4.79 Å². The van der Waals surface area contributed by atoms with E-state index in [9.17, 15) is 4.79 Å². The van der Waals surface area contributed by atoms with Crippen LogP contribution in [0.4, 0.5) is 5.69 Å². The molecule has 0 atom stereocenters. The van der Waals surface area contributed by atoms with Gasteiger partial charge in [0.25, 0.3) is 5.91 Å². The molecule has 0 unspecified atom stereocenters. The molecule has 1 aliphatic rings. The van der Waals surface area contributed by atoms with Crippen LogP contribution in [0.3, 0.4) is 0 Å². The van der Waals surface area contributed by atoms with E-state index in [1.54, 1.807) is 6.07 Å². The van der Waals surface area contributed by atoms with Gasteiger partial charge in [0, 0.05) is 5.69 Å². The molecule has 0 radical (unpaired) electrons. The molecule has 1 saturated heterocycles. The highest BCUT2D eigenvalue weighted by Gasteiger charge is 2.17. The topological polar surface area (TPSA) is 38.3 Å². The van der Waals surface area contributed by atoms with Gasteiger partial charge in [0.05, 0.1) is 16.8 Å². The Balaban J connectivity index is 1.75. The van der Waals surface area contributed by atoms with Gasteiger partial charge in [-0.15, -0.1) is 23.5 Å². The quantitative estimate of drug-likeness (QED) is 0.796. The van der Waals surface area contributed by atoms with Crippen molar-refractivity contribution in [3.05, 3.63) is 59.7 Å². The van der Waals surface area contributed by atoms with E-state index in [1.165, 1.54) is 23.5 Å². The minimum atomic E-state index is -0.139. The number of nitrogens with one attached hydrogen (secondary N) is 1. The molecule has 1 heterocycles. The molecule has 0 aromatic heterocycles. The first-order valence-electron chi connectivity index (χ1n) is 8.14. The van der Waals surface area contributed by atoms with Gasteiger partial charge in [-0.05, 0) is 54.7 Å². The number of hydrogen-bond donors (Lipinski definition) is 1. The third-order valence-corrected chi connectivity index (χ3v) is 6.69. The zero-order chi connectivity index (χ0) is 16.8. The fourth-order valence-corrected chi connectivity index (χ4v) is 5.45. The van der Waals surface area contributed by atoms with E-state index in [-0.39, 0.29) is 5.91 Å². The number of thioether (sulfide) groups is 2. The summed E-state index contributed by atoms with van der Waals surface area (Å²) in [5.41, 5.74) is 2.65. The van der Waals surface area contributed by atoms with Crippen LogP contribution < -0.4 is 10.1 Å². The molecule has 2 aromatic carbocycles. The lowest BCUT2D eigenvalue weighted by Crippen LogP contribution is -2.14. The molecule has 3 nitrogen and oxygen atoms in total. The van der Waals surface area contributed by atoms with Crippen LogP contribution >= 0.6 is 23.5 Å². The Morgan fingerprint density at radius 3 is 2.75 bits per heavy atom. The van der Waals surface area contributed by atoms with Gasteiger partial charge in [0.15, 0.2) is 0 Å². The maximum atomic E-state index is 12.6. The summed E-state index contributed by atoms with van der Waals surface area (Å²) < 4.78 is 6.01. The van der Waals surface area contributed by atoms with Gasteiger partial charge in [0.2, 0.25) is 0 Å². The summed E-state index contributed by atoms with van der Waals surface area (Å²) in [4.78, 5) is 12.6. The molecule has 5 heteroatoms. The molecular formula is C19H21NO2S2. The highest BCUT2D eigenvalue weighted by atomic mass is 32.2. The van der Waals surface area contributed by atoms with E-state index in [1.807, 2.05) is 60.8 Å². The van der Waals surface area contributed by atoms with Gasteiger partial charge < -0.3 is 10.1 Å². The maximum Gasteiger partial charge on any atom is 0.259 e. The maximum absolute atomic E-state index is 12.6. The molecule has 1 aliphatic heterocycles. The monoisotopic (exact) mass is 359 g/mol. The number of hydrogen-bond acceptors (Lipinski definition) is 4. The summed E-state index contributed by atoms with van der Waals surface area (Å²) in [6.45, 7) is 2.45. The highest BCUT2D eigenvalue weighted by Crippen LogP contribution is 2.44. The number of amides is 1. The lowest BCUT2D eigenvalue weighted by Gasteiger charge is -2.21. The Morgan fingerprint density at radius 1 is 1.17 bits per heavy atom. The van der Waals surface area contributed by atoms with E-state index < -0.39 is 0 Å². The van der Waals surface area contributed by atoms with E-state index >= 15 is 0 Å². The van der Waals surface area contributed by atoms with Crippen molar-refractivity contribution in [2.45, 2.75) is 17.9 Å². The lowest BCUT2D eigenvalue weighted by atomic mass is 10.1. The van der Waals surface area contributed by atoms with Crippen LogP contribution in [0.15, 0.2) is 48.5 Å². The number of carbonyl (C=O) groups is 1. The van der Waals surface area contributed by atoms with Gasteiger partial charge in [0.1, 0.15) is 5.75 Å². The zero-order valence-corrected chi connectivity index (χ0v) is 15.3. The molecule has 24 heavy (non-hydrogen) atoms. The van der Waals surface area contributed by atoms with Crippen molar-refractivity contribution < 1.29 is 9.53 Å². The molecule has 3 rings (SSSR count). The molecule has 0 saturated carbocycles. The summed E-state index contributed by atoms with van der Waals surface area (Å²) in [7, 11) is 0. The van der Waals surface area contributed by atoms with Gasteiger partial charge >= 0.3 is 0 Å². The molecule has 0 aliphatic carbocycles. The van der Waals surface area contributed by atoms with Crippen molar-refractivity contribution in [3.8, 4) is 5.75 Å². The van der Waals surface area contributed by atoms with Gasteiger partial charge in [-0.2, -0.15) is 0 Å². The third-order valence-electron chi connectivity index (χ3n) is 3.68. The molecule has 0 bridgehead atoms. The Labute approximate surface area is 151 Å². The molecule has 1 N–H and O–H groups in total. The molecule has 2 aromatic rings. The Bertz CT molecular complexity index is 699. The second kappa shape index (κ2) is 8.49. The molecule has 0 spiro atoms. The predicted octanol–water partition coefficient (Wildman–Crippen LogP) is 5.21. The zero-order valence-electron chi connectivity index (χ0n) is 13.7. The largest absolute Gasteiger partial charge is 0.493 e. The number of ether oxygens (including phenoxy) is 1. The summed E-state index contributed by atoms with van der Waals surface area (Å²) >= 11 is 3.96. The van der Waals surface area contributed by atoms with E-state index in [4.69, 9.17) is 4.74 Å². The van der Waals surface area contributed by atoms with Crippen LogP contribution in [0, 0.1) is 0 Å². The SMILES string of the molecule is CCOc1ccccc1C(=O)Nc1cccc(C2SCCCS2)c1. The van der Waals surface area contributed by atoms with Crippen LogP contribution in [-0.4, -0.2) is 24.0 Å². The Hall–Kier alpha value is -1.59. The van der Waals surface area contributed by atoms with Crippen molar-refractivity contribution in [2.75, 3.05) is 23.4 Å². The number of para-hydroxylation sites is 1. The van der Waals surface area contributed by atoms with E-state index in [0.29, 0.717) is 22.5 Å². The van der Waals surface area contributed by atoms with Crippen LogP contribution in [0.5, 0.6) is 5.75 Å². The molecule has 126 valence electrons. The van der Waals surface area contributed by atoms with E-state index in [0.717, 1.165) is 5.69 Å². The first-order valence-corrected chi connectivity index (χ1v) is 10.2. The first kappa shape index (κ1) is 17.2. The lowest BCUT2D eigenvalue weighted by molar-refractivity contribution is 0.102. The second-order valence-corrected chi connectivity index (χ2v) is 8.16. The minimum Gasteiger partial charge on any atom is -0.493 e. The Morgan fingerprint density at radius 2 is 1.96 bits per heavy atom. The van der Waals surface area contributed by atoms with Crippen molar-refractivity contribution in [1.29, 1.82) is 0 Å². The number of benzene rings is 2.